The maximum absolute atomic E-state index is 13.5. The molecular formula is C15H9BrF2N4O2. The van der Waals surface area contributed by atoms with Crippen molar-refractivity contribution in [2.24, 2.45) is 0 Å². The topological polar surface area (TPSA) is 59.7 Å². The fourth-order valence-electron chi connectivity index (χ4n) is 2.61. The van der Waals surface area contributed by atoms with Crippen LogP contribution in [0.1, 0.15) is 11.6 Å². The summed E-state index contributed by atoms with van der Waals surface area (Å²) in [6.07, 6.45) is 2.63. The van der Waals surface area contributed by atoms with Crippen molar-refractivity contribution in [3.63, 3.8) is 0 Å². The molecule has 1 fully saturated rings. The monoisotopic (exact) mass is 394 g/mol. The average Bonchev–Trinajstić information content (AvgIpc) is 3.13. The minimum absolute atomic E-state index is 0.0250. The Balaban J connectivity index is 1.79. The molecule has 3 aromatic rings. The van der Waals surface area contributed by atoms with E-state index < -0.39 is 23.8 Å². The smallest absolute Gasteiger partial charge is 0.416 e. The van der Waals surface area contributed by atoms with Crippen molar-refractivity contribution < 1.29 is 18.3 Å². The van der Waals surface area contributed by atoms with Gasteiger partial charge in [-0.15, -0.1) is 0 Å². The highest BCUT2D eigenvalue weighted by Gasteiger charge is 2.36. The first kappa shape index (κ1) is 15.0. The van der Waals surface area contributed by atoms with Crippen molar-refractivity contribution in [3.8, 4) is 0 Å². The van der Waals surface area contributed by atoms with E-state index >= 15 is 0 Å². The molecule has 3 heterocycles. The van der Waals surface area contributed by atoms with Gasteiger partial charge in [0.05, 0.1) is 10.7 Å². The van der Waals surface area contributed by atoms with Crippen LogP contribution in [0.4, 0.5) is 19.4 Å². The number of ether oxygens (including phenoxy) is 1. The van der Waals surface area contributed by atoms with Crippen molar-refractivity contribution in [3.05, 3.63) is 58.3 Å². The molecule has 0 N–H and O–H groups in total. The first-order valence-electron chi connectivity index (χ1n) is 6.95. The Morgan fingerprint density at radius 2 is 2.08 bits per heavy atom. The third kappa shape index (κ3) is 2.32. The van der Waals surface area contributed by atoms with Crippen molar-refractivity contribution in [2.75, 3.05) is 11.5 Å². The second-order valence-electron chi connectivity index (χ2n) is 5.18. The molecule has 6 nitrogen and oxygen atoms in total. The molecule has 0 spiro atoms. The second kappa shape index (κ2) is 5.52. The minimum Gasteiger partial charge on any atom is -0.447 e. The predicted molar refractivity (Wildman–Crippen MR) is 83.6 cm³/mol. The van der Waals surface area contributed by atoms with Gasteiger partial charge in [0, 0.05) is 6.20 Å². The fraction of sp³-hybridized carbons (Fsp3) is 0.133. The number of amides is 1. The standard InChI is InChI=1S/C15H9BrF2N4O2/c16-9-6-19-21-4-3-13(20-14(9)21)22-12(7-24-15(22)23)8-1-2-10(17)11(18)5-8/h1-6,12H,7H2/t12-/m0/s1. The molecule has 1 saturated heterocycles. The number of cyclic esters (lactones) is 1. The zero-order chi connectivity index (χ0) is 16.8. The Morgan fingerprint density at radius 1 is 1.25 bits per heavy atom. The number of carbonyl (C=O) groups excluding carboxylic acids is 1. The first-order valence-corrected chi connectivity index (χ1v) is 7.75. The molecule has 0 aliphatic carbocycles. The molecule has 1 aromatic carbocycles. The number of rotatable bonds is 2. The van der Waals surface area contributed by atoms with Gasteiger partial charge in [-0.3, -0.25) is 4.90 Å². The molecule has 0 bridgehead atoms. The van der Waals surface area contributed by atoms with E-state index in [2.05, 4.69) is 26.0 Å². The summed E-state index contributed by atoms with van der Waals surface area (Å²) >= 11 is 3.33. The number of hydrogen-bond donors (Lipinski definition) is 0. The van der Waals surface area contributed by atoms with E-state index in [1.54, 1.807) is 23.0 Å². The summed E-state index contributed by atoms with van der Waals surface area (Å²) in [5.74, 6) is -1.59. The highest BCUT2D eigenvalue weighted by atomic mass is 79.9. The van der Waals surface area contributed by atoms with Crippen molar-refractivity contribution in [2.45, 2.75) is 6.04 Å². The normalized spacial score (nSPS) is 17.5. The average molecular weight is 395 g/mol. The number of halogens is 3. The Kier molecular flexibility index (Phi) is 3.45. The lowest BCUT2D eigenvalue weighted by atomic mass is 10.1. The molecule has 0 unspecified atom stereocenters. The minimum atomic E-state index is -0.978. The number of fused-ring (bicyclic) bond motifs is 1. The van der Waals surface area contributed by atoms with Gasteiger partial charge < -0.3 is 4.74 Å². The summed E-state index contributed by atoms with van der Waals surface area (Å²) in [4.78, 5) is 17.8. The lowest BCUT2D eigenvalue weighted by Crippen LogP contribution is -2.28. The van der Waals surface area contributed by atoms with Crippen LogP contribution in [-0.4, -0.2) is 27.3 Å². The third-order valence-electron chi connectivity index (χ3n) is 3.76. The van der Waals surface area contributed by atoms with E-state index in [9.17, 15) is 13.6 Å². The molecule has 1 aliphatic rings. The lowest BCUT2D eigenvalue weighted by molar-refractivity contribution is 0.179. The Hall–Kier alpha value is -2.55. The highest BCUT2D eigenvalue weighted by Crippen LogP contribution is 2.33. The number of benzene rings is 1. The largest absolute Gasteiger partial charge is 0.447 e. The zero-order valence-electron chi connectivity index (χ0n) is 12.0. The summed E-state index contributed by atoms with van der Waals surface area (Å²) in [5.41, 5.74) is 0.949. The van der Waals surface area contributed by atoms with Crippen LogP contribution < -0.4 is 4.90 Å². The van der Waals surface area contributed by atoms with E-state index in [1.807, 2.05) is 0 Å². The van der Waals surface area contributed by atoms with E-state index in [0.29, 0.717) is 21.5 Å². The fourth-order valence-corrected chi connectivity index (χ4v) is 2.97. The van der Waals surface area contributed by atoms with Gasteiger partial charge in [0.25, 0.3) is 0 Å². The van der Waals surface area contributed by atoms with Crippen LogP contribution in [0.3, 0.4) is 0 Å². The zero-order valence-corrected chi connectivity index (χ0v) is 13.6. The van der Waals surface area contributed by atoms with Gasteiger partial charge in [-0.05, 0) is 39.7 Å². The summed E-state index contributed by atoms with van der Waals surface area (Å²) in [6, 6.07) is 4.51. The summed E-state index contributed by atoms with van der Waals surface area (Å²) in [6.45, 7) is 0.0250. The molecule has 0 radical (unpaired) electrons. The maximum Gasteiger partial charge on any atom is 0.416 e. The Labute approximate surface area is 142 Å². The van der Waals surface area contributed by atoms with Crippen LogP contribution >= 0.6 is 15.9 Å². The molecule has 1 amide bonds. The first-order chi connectivity index (χ1) is 11.5. The van der Waals surface area contributed by atoms with E-state index in [1.165, 1.54) is 11.0 Å². The van der Waals surface area contributed by atoms with Gasteiger partial charge in [0.1, 0.15) is 18.5 Å². The number of nitrogens with zero attached hydrogens (tertiary/aromatic N) is 4. The quantitative estimate of drug-likeness (QED) is 0.667. The van der Waals surface area contributed by atoms with Crippen LogP contribution in [0.15, 0.2) is 41.1 Å². The molecule has 1 aliphatic heterocycles. The van der Waals surface area contributed by atoms with Crippen LogP contribution in [0.5, 0.6) is 0 Å². The van der Waals surface area contributed by atoms with Gasteiger partial charge in [0.15, 0.2) is 17.3 Å². The van der Waals surface area contributed by atoms with Gasteiger partial charge in [0.2, 0.25) is 0 Å². The van der Waals surface area contributed by atoms with Crippen LogP contribution in [0, 0.1) is 11.6 Å². The Bertz CT molecular complexity index is 962. The molecule has 4 rings (SSSR count). The Morgan fingerprint density at radius 3 is 2.88 bits per heavy atom. The molecule has 9 heteroatoms. The second-order valence-corrected chi connectivity index (χ2v) is 6.04. The van der Waals surface area contributed by atoms with E-state index in [0.717, 1.165) is 12.1 Å². The number of aromatic nitrogens is 3. The summed E-state index contributed by atoms with van der Waals surface area (Å²) in [5, 5.41) is 4.08. The van der Waals surface area contributed by atoms with E-state index in [-0.39, 0.29) is 6.61 Å². The van der Waals surface area contributed by atoms with Crippen LogP contribution in [0.25, 0.3) is 5.65 Å². The van der Waals surface area contributed by atoms with Crippen LogP contribution in [-0.2, 0) is 4.74 Å². The third-order valence-corrected chi connectivity index (χ3v) is 4.32. The molecule has 2 aromatic heterocycles. The number of carbonyl (C=O) groups is 1. The molecule has 1 atom stereocenters. The predicted octanol–water partition coefficient (Wildman–Crippen LogP) is 3.47. The lowest BCUT2D eigenvalue weighted by Gasteiger charge is -2.20. The number of anilines is 1. The maximum atomic E-state index is 13.5. The number of hydrogen-bond acceptors (Lipinski definition) is 4. The highest BCUT2D eigenvalue weighted by molar-refractivity contribution is 9.10. The van der Waals surface area contributed by atoms with Gasteiger partial charge in [-0.1, -0.05) is 6.07 Å². The molecule has 0 saturated carbocycles. The van der Waals surface area contributed by atoms with Gasteiger partial charge in [-0.2, -0.15) is 5.10 Å². The van der Waals surface area contributed by atoms with Gasteiger partial charge >= 0.3 is 6.09 Å². The van der Waals surface area contributed by atoms with Crippen molar-refractivity contribution in [1.29, 1.82) is 0 Å². The van der Waals surface area contributed by atoms with E-state index in [4.69, 9.17) is 4.74 Å². The molecule has 24 heavy (non-hydrogen) atoms. The van der Waals surface area contributed by atoms with Crippen molar-refractivity contribution in [1.82, 2.24) is 14.6 Å². The van der Waals surface area contributed by atoms with Crippen LogP contribution in [0.2, 0.25) is 0 Å². The van der Waals surface area contributed by atoms with Gasteiger partial charge in [-0.25, -0.2) is 23.1 Å². The molecule has 122 valence electrons. The SMILES string of the molecule is O=C1OC[C@@H](c2ccc(F)c(F)c2)N1c1ccn2ncc(Br)c2n1. The van der Waals surface area contributed by atoms with Crippen molar-refractivity contribution >= 4 is 33.5 Å². The molecular weight excluding hydrogens is 386 g/mol. The summed E-state index contributed by atoms with van der Waals surface area (Å²) < 4.78 is 34.0. The summed E-state index contributed by atoms with van der Waals surface area (Å²) in [7, 11) is 0.